The molecule has 1 rings (SSSR count). The van der Waals surface area contributed by atoms with Gasteiger partial charge in [0.05, 0.1) is 18.5 Å². The van der Waals surface area contributed by atoms with Crippen molar-refractivity contribution in [3.63, 3.8) is 0 Å². The van der Waals surface area contributed by atoms with Crippen LogP contribution in [0.5, 0.6) is 5.88 Å². The van der Waals surface area contributed by atoms with Gasteiger partial charge < -0.3 is 10.5 Å². The average Bonchev–Trinajstić information content (AvgIpc) is 1.98. The molecule has 1 aromatic heterocycles. The van der Waals surface area contributed by atoms with E-state index in [4.69, 9.17) is 10.5 Å². The first-order valence-corrected chi connectivity index (χ1v) is 3.46. The second kappa shape index (κ2) is 3.18. The Kier molecular flexibility index (Phi) is 2.25. The van der Waals surface area contributed by atoms with Gasteiger partial charge in [-0.15, -0.1) is 0 Å². The number of rotatable bonds is 2. The summed E-state index contributed by atoms with van der Waals surface area (Å²) < 4.78 is 5.11. The fourth-order valence-corrected chi connectivity index (χ4v) is 0.687. The largest absolute Gasteiger partial charge is 0.477 e. The second-order valence-electron chi connectivity index (χ2n) is 2.11. The molecule has 0 bridgehead atoms. The Morgan fingerprint density at radius 2 is 2.36 bits per heavy atom. The first-order valence-electron chi connectivity index (χ1n) is 3.46. The molecule has 0 saturated heterocycles. The van der Waals surface area contributed by atoms with Crippen LogP contribution in [0, 0.1) is 6.92 Å². The van der Waals surface area contributed by atoms with Crippen molar-refractivity contribution in [2.45, 2.75) is 13.8 Å². The van der Waals surface area contributed by atoms with E-state index in [1.165, 1.54) is 6.20 Å². The van der Waals surface area contributed by atoms with Crippen molar-refractivity contribution in [1.29, 1.82) is 0 Å². The van der Waals surface area contributed by atoms with Crippen LogP contribution < -0.4 is 10.5 Å². The van der Waals surface area contributed by atoms with Crippen LogP contribution in [0.25, 0.3) is 0 Å². The Balaban J connectivity index is 2.86. The first-order chi connectivity index (χ1) is 5.24. The van der Waals surface area contributed by atoms with Crippen molar-refractivity contribution in [3.8, 4) is 5.88 Å². The van der Waals surface area contributed by atoms with E-state index >= 15 is 0 Å². The molecule has 1 aromatic rings. The number of nitrogens with zero attached hydrogens (tertiary/aromatic N) is 2. The summed E-state index contributed by atoms with van der Waals surface area (Å²) in [6.07, 6.45) is 1.52. The lowest BCUT2D eigenvalue weighted by atomic mass is 10.4. The Morgan fingerprint density at radius 3 is 2.91 bits per heavy atom. The first kappa shape index (κ1) is 7.78. The van der Waals surface area contributed by atoms with Gasteiger partial charge in [-0.05, 0) is 13.8 Å². The van der Waals surface area contributed by atoms with Crippen LogP contribution >= 0.6 is 0 Å². The zero-order chi connectivity index (χ0) is 8.27. The Labute approximate surface area is 65.4 Å². The number of nitrogens with two attached hydrogens (primary N) is 1. The highest BCUT2D eigenvalue weighted by atomic mass is 16.5. The van der Waals surface area contributed by atoms with Gasteiger partial charge in [0, 0.05) is 0 Å². The molecule has 0 fully saturated rings. The summed E-state index contributed by atoms with van der Waals surface area (Å²) in [5, 5.41) is 0. The zero-order valence-corrected chi connectivity index (χ0v) is 6.66. The van der Waals surface area contributed by atoms with E-state index in [0.29, 0.717) is 24.0 Å². The van der Waals surface area contributed by atoms with Crippen molar-refractivity contribution >= 4 is 5.82 Å². The third-order valence-electron chi connectivity index (χ3n) is 1.25. The lowest BCUT2D eigenvalue weighted by molar-refractivity contribution is 0.324. The van der Waals surface area contributed by atoms with Gasteiger partial charge in [0.15, 0.2) is 0 Å². The summed E-state index contributed by atoms with van der Waals surface area (Å²) in [6, 6.07) is 0. The van der Waals surface area contributed by atoms with Gasteiger partial charge in [0.25, 0.3) is 0 Å². The minimum absolute atomic E-state index is 0.452. The zero-order valence-electron chi connectivity index (χ0n) is 6.66. The van der Waals surface area contributed by atoms with E-state index in [-0.39, 0.29) is 0 Å². The van der Waals surface area contributed by atoms with E-state index in [2.05, 4.69) is 9.97 Å². The van der Waals surface area contributed by atoms with Crippen LogP contribution in [0.2, 0.25) is 0 Å². The summed E-state index contributed by atoms with van der Waals surface area (Å²) in [4.78, 5) is 7.94. The van der Waals surface area contributed by atoms with Crippen molar-refractivity contribution in [3.05, 3.63) is 11.9 Å². The molecule has 0 radical (unpaired) electrons. The minimum atomic E-state index is 0.452. The quantitative estimate of drug-likeness (QED) is 0.681. The fourth-order valence-electron chi connectivity index (χ4n) is 0.687. The normalized spacial score (nSPS) is 9.64. The van der Waals surface area contributed by atoms with E-state index in [9.17, 15) is 0 Å². The third kappa shape index (κ3) is 1.80. The Hall–Kier alpha value is -1.32. The number of ether oxygens (including phenoxy) is 1. The molecule has 0 aliphatic heterocycles. The molecule has 0 aliphatic rings. The molecule has 0 amide bonds. The molecule has 0 saturated carbocycles. The molecule has 1 heterocycles. The van der Waals surface area contributed by atoms with Crippen molar-refractivity contribution in [1.82, 2.24) is 9.97 Å². The fraction of sp³-hybridized carbons (Fsp3) is 0.429. The number of aromatic nitrogens is 2. The highest BCUT2D eigenvalue weighted by Crippen LogP contribution is 2.09. The highest BCUT2D eigenvalue weighted by Gasteiger charge is 1.98. The monoisotopic (exact) mass is 153 g/mol. The molecule has 2 N–H and O–H groups in total. The second-order valence-corrected chi connectivity index (χ2v) is 2.11. The van der Waals surface area contributed by atoms with Gasteiger partial charge in [-0.3, -0.25) is 0 Å². The van der Waals surface area contributed by atoms with Crippen LogP contribution in [-0.4, -0.2) is 16.6 Å². The van der Waals surface area contributed by atoms with Gasteiger partial charge in [0.1, 0.15) is 5.82 Å². The number of anilines is 1. The predicted molar refractivity (Wildman–Crippen MR) is 42.4 cm³/mol. The summed E-state index contributed by atoms with van der Waals surface area (Å²) in [6.45, 7) is 4.29. The molecule has 4 heteroatoms. The number of hydrogen-bond donors (Lipinski definition) is 1. The molecule has 0 unspecified atom stereocenters. The molecule has 0 aromatic carbocycles. The predicted octanol–water partition coefficient (Wildman–Crippen LogP) is 0.766. The van der Waals surface area contributed by atoms with Crippen LogP contribution in [-0.2, 0) is 0 Å². The van der Waals surface area contributed by atoms with Crippen molar-refractivity contribution in [2.24, 2.45) is 0 Å². The van der Waals surface area contributed by atoms with E-state index < -0.39 is 0 Å². The van der Waals surface area contributed by atoms with Gasteiger partial charge in [-0.2, -0.15) is 0 Å². The molecule has 0 spiro atoms. The van der Waals surface area contributed by atoms with Crippen LogP contribution in [0.4, 0.5) is 5.82 Å². The standard InChI is InChI=1S/C7H11N3O/c1-3-11-6-4-9-7(8)5(2)10-6/h4H,3H2,1-2H3,(H2,8,9). The number of nitrogen functional groups attached to an aromatic ring is 1. The minimum Gasteiger partial charge on any atom is -0.477 e. The van der Waals surface area contributed by atoms with Gasteiger partial charge in [0.2, 0.25) is 5.88 Å². The summed E-state index contributed by atoms with van der Waals surface area (Å²) in [7, 11) is 0. The molecule has 0 aliphatic carbocycles. The van der Waals surface area contributed by atoms with Gasteiger partial charge in [-0.1, -0.05) is 0 Å². The molecular formula is C7H11N3O. The van der Waals surface area contributed by atoms with E-state index in [1.54, 1.807) is 6.92 Å². The maximum atomic E-state index is 5.46. The lowest BCUT2D eigenvalue weighted by Crippen LogP contribution is -2.00. The van der Waals surface area contributed by atoms with Gasteiger partial charge in [-0.25, -0.2) is 9.97 Å². The summed E-state index contributed by atoms with van der Waals surface area (Å²) in [5.74, 6) is 0.979. The molecule has 11 heavy (non-hydrogen) atoms. The van der Waals surface area contributed by atoms with Crippen molar-refractivity contribution < 1.29 is 4.74 Å². The lowest BCUT2D eigenvalue weighted by Gasteiger charge is -2.02. The van der Waals surface area contributed by atoms with E-state index in [0.717, 1.165) is 0 Å². The van der Waals surface area contributed by atoms with Crippen LogP contribution in [0.3, 0.4) is 0 Å². The summed E-state index contributed by atoms with van der Waals surface area (Å²) in [5.41, 5.74) is 6.16. The maximum absolute atomic E-state index is 5.46. The van der Waals surface area contributed by atoms with Crippen molar-refractivity contribution in [2.75, 3.05) is 12.3 Å². The van der Waals surface area contributed by atoms with Crippen LogP contribution in [0.1, 0.15) is 12.6 Å². The summed E-state index contributed by atoms with van der Waals surface area (Å²) >= 11 is 0. The number of aryl methyl sites for hydroxylation is 1. The Bertz CT molecular complexity index is 249. The van der Waals surface area contributed by atoms with E-state index in [1.807, 2.05) is 6.92 Å². The molecule has 60 valence electrons. The SMILES string of the molecule is CCOc1cnc(N)c(C)n1. The van der Waals surface area contributed by atoms with Crippen LogP contribution in [0.15, 0.2) is 6.20 Å². The molecule has 4 nitrogen and oxygen atoms in total. The molecule has 0 atom stereocenters. The van der Waals surface area contributed by atoms with Gasteiger partial charge >= 0.3 is 0 Å². The highest BCUT2D eigenvalue weighted by molar-refractivity contribution is 5.33. The molecular weight excluding hydrogens is 142 g/mol. The Morgan fingerprint density at radius 1 is 1.64 bits per heavy atom. The average molecular weight is 153 g/mol. The smallest absolute Gasteiger partial charge is 0.232 e. The maximum Gasteiger partial charge on any atom is 0.232 e. The number of hydrogen-bond acceptors (Lipinski definition) is 4. The topological polar surface area (TPSA) is 61.0 Å². The third-order valence-corrected chi connectivity index (χ3v) is 1.25.